The summed E-state index contributed by atoms with van der Waals surface area (Å²) >= 11 is 0. The van der Waals surface area contributed by atoms with Crippen molar-refractivity contribution in [1.29, 1.82) is 0 Å². The lowest BCUT2D eigenvalue weighted by Crippen LogP contribution is -2.29. The molecule has 0 radical (unpaired) electrons. The zero-order valence-corrected chi connectivity index (χ0v) is 17.7. The number of benzene rings is 1. The first-order valence-electron chi connectivity index (χ1n) is 10.3. The maximum Gasteiger partial charge on any atom is 0.303 e. The van der Waals surface area contributed by atoms with Crippen LogP contribution < -0.4 is 5.32 Å². The molecule has 0 unspecified atom stereocenters. The van der Waals surface area contributed by atoms with Gasteiger partial charge in [0.05, 0.1) is 12.4 Å². The van der Waals surface area contributed by atoms with Gasteiger partial charge in [-0.05, 0) is 18.9 Å². The third-order valence-corrected chi connectivity index (χ3v) is 5.51. The number of imidazole rings is 1. The van der Waals surface area contributed by atoms with Crippen LogP contribution in [-0.4, -0.2) is 37.7 Å². The molecule has 8 heteroatoms. The van der Waals surface area contributed by atoms with Crippen LogP contribution in [0, 0.1) is 12.8 Å². The SMILES string of the molecule is CC[C@H]1O[C@@H](n2cnc3c(NCc4ccccc4)nc(C)nc32)[C@H](OC(C)=O)[C@@H]1C. The molecule has 1 aromatic carbocycles. The Kier molecular flexibility index (Phi) is 5.67. The second-order valence-corrected chi connectivity index (χ2v) is 7.69. The number of ether oxygens (including phenoxy) is 2. The highest BCUT2D eigenvalue weighted by Crippen LogP contribution is 2.39. The Bertz CT molecular complexity index is 1040. The number of hydrogen-bond donors (Lipinski definition) is 1. The molecule has 30 heavy (non-hydrogen) atoms. The average molecular weight is 409 g/mol. The summed E-state index contributed by atoms with van der Waals surface area (Å²) in [5.74, 6) is 1.04. The van der Waals surface area contributed by atoms with Crippen LogP contribution in [0.25, 0.3) is 11.2 Å². The molecule has 8 nitrogen and oxygen atoms in total. The van der Waals surface area contributed by atoms with Gasteiger partial charge in [-0.2, -0.15) is 0 Å². The summed E-state index contributed by atoms with van der Waals surface area (Å²) in [5.41, 5.74) is 2.47. The zero-order chi connectivity index (χ0) is 21.3. The molecule has 4 atom stereocenters. The van der Waals surface area contributed by atoms with E-state index in [1.807, 2.05) is 36.6 Å². The van der Waals surface area contributed by atoms with E-state index < -0.39 is 12.3 Å². The first-order chi connectivity index (χ1) is 14.5. The summed E-state index contributed by atoms with van der Waals surface area (Å²) < 4.78 is 13.8. The van der Waals surface area contributed by atoms with Gasteiger partial charge in [-0.25, -0.2) is 15.0 Å². The minimum atomic E-state index is -0.477. The number of rotatable bonds is 6. The van der Waals surface area contributed by atoms with Gasteiger partial charge in [-0.3, -0.25) is 9.36 Å². The second kappa shape index (κ2) is 8.39. The molecule has 158 valence electrons. The van der Waals surface area contributed by atoms with Gasteiger partial charge >= 0.3 is 5.97 Å². The van der Waals surface area contributed by atoms with Gasteiger partial charge in [0.25, 0.3) is 0 Å². The van der Waals surface area contributed by atoms with Crippen molar-refractivity contribution in [3.63, 3.8) is 0 Å². The number of carbonyl (C=O) groups excluding carboxylic acids is 1. The van der Waals surface area contributed by atoms with Crippen LogP contribution in [0.15, 0.2) is 36.7 Å². The van der Waals surface area contributed by atoms with E-state index in [-0.39, 0.29) is 18.0 Å². The molecular weight excluding hydrogens is 382 g/mol. The fourth-order valence-electron chi connectivity index (χ4n) is 4.02. The van der Waals surface area contributed by atoms with E-state index in [4.69, 9.17) is 9.47 Å². The lowest BCUT2D eigenvalue weighted by atomic mass is 9.98. The van der Waals surface area contributed by atoms with E-state index in [0.29, 0.717) is 29.4 Å². The van der Waals surface area contributed by atoms with Crippen LogP contribution in [0.3, 0.4) is 0 Å². The molecule has 1 aliphatic heterocycles. The molecule has 0 amide bonds. The normalized spacial score (nSPS) is 23.6. The minimum absolute atomic E-state index is 0.00425. The quantitative estimate of drug-likeness (QED) is 0.622. The second-order valence-electron chi connectivity index (χ2n) is 7.69. The number of hydrogen-bond acceptors (Lipinski definition) is 7. The standard InChI is InChI=1S/C22H27N5O3/c1-5-17-13(2)19(29-15(4)28)22(30-17)27-12-24-18-20(25-14(3)26-21(18)27)23-11-16-9-7-6-8-10-16/h6-10,12-13,17,19,22H,5,11H2,1-4H3,(H,23,25,26)/t13-,17-,19-,22-/m1/s1. The van der Waals surface area contributed by atoms with Gasteiger partial charge in [0, 0.05) is 19.4 Å². The van der Waals surface area contributed by atoms with E-state index in [2.05, 4.69) is 39.3 Å². The highest BCUT2D eigenvalue weighted by molar-refractivity contribution is 5.83. The van der Waals surface area contributed by atoms with Gasteiger partial charge in [0.1, 0.15) is 5.82 Å². The van der Waals surface area contributed by atoms with Crippen molar-refractivity contribution in [3.8, 4) is 0 Å². The molecule has 0 saturated carbocycles. The Balaban J connectivity index is 1.68. The van der Waals surface area contributed by atoms with Gasteiger partial charge in [-0.15, -0.1) is 0 Å². The van der Waals surface area contributed by atoms with Crippen LogP contribution in [0.2, 0.25) is 0 Å². The van der Waals surface area contributed by atoms with Crippen molar-refractivity contribution in [3.05, 3.63) is 48.0 Å². The molecular formula is C22H27N5O3. The summed E-state index contributed by atoms with van der Waals surface area (Å²) in [6.45, 7) is 8.02. The molecule has 2 aromatic heterocycles. The van der Waals surface area contributed by atoms with Gasteiger partial charge in [0.2, 0.25) is 0 Å². The molecule has 1 saturated heterocycles. The van der Waals surface area contributed by atoms with Crippen LogP contribution >= 0.6 is 0 Å². The topological polar surface area (TPSA) is 91.2 Å². The first kappa shape index (κ1) is 20.3. The fraction of sp³-hybridized carbons (Fsp3) is 0.455. The van der Waals surface area contributed by atoms with Crippen LogP contribution in [0.4, 0.5) is 5.82 Å². The highest BCUT2D eigenvalue weighted by atomic mass is 16.6. The van der Waals surface area contributed by atoms with Crippen molar-refractivity contribution in [2.24, 2.45) is 5.92 Å². The molecule has 1 fully saturated rings. The Morgan fingerprint density at radius 2 is 2.03 bits per heavy atom. The molecule has 0 spiro atoms. The molecule has 4 rings (SSSR count). The summed E-state index contributed by atoms with van der Waals surface area (Å²) in [7, 11) is 0. The zero-order valence-electron chi connectivity index (χ0n) is 17.7. The number of nitrogens with zero attached hydrogens (tertiary/aromatic N) is 4. The Morgan fingerprint density at radius 3 is 2.73 bits per heavy atom. The Labute approximate surface area is 175 Å². The van der Waals surface area contributed by atoms with Crippen molar-refractivity contribution < 1.29 is 14.3 Å². The Morgan fingerprint density at radius 1 is 1.27 bits per heavy atom. The summed E-state index contributed by atoms with van der Waals surface area (Å²) in [4.78, 5) is 25.4. The predicted octanol–water partition coefficient (Wildman–Crippen LogP) is 3.62. The third-order valence-electron chi connectivity index (χ3n) is 5.51. The largest absolute Gasteiger partial charge is 0.457 e. The molecule has 3 heterocycles. The van der Waals surface area contributed by atoms with Crippen molar-refractivity contribution in [1.82, 2.24) is 19.5 Å². The number of nitrogens with one attached hydrogen (secondary N) is 1. The maximum absolute atomic E-state index is 11.7. The van der Waals surface area contributed by atoms with E-state index >= 15 is 0 Å². The minimum Gasteiger partial charge on any atom is -0.457 e. The van der Waals surface area contributed by atoms with Crippen molar-refractivity contribution >= 4 is 23.0 Å². The first-order valence-corrected chi connectivity index (χ1v) is 10.3. The third kappa shape index (κ3) is 3.87. The molecule has 1 aliphatic rings. The predicted molar refractivity (Wildman–Crippen MR) is 113 cm³/mol. The fourth-order valence-corrected chi connectivity index (χ4v) is 4.02. The van der Waals surface area contributed by atoms with Crippen LogP contribution in [-0.2, 0) is 20.8 Å². The lowest BCUT2D eigenvalue weighted by molar-refractivity contribution is -0.153. The average Bonchev–Trinajstić information content (AvgIpc) is 3.28. The lowest BCUT2D eigenvalue weighted by Gasteiger charge is -2.22. The van der Waals surface area contributed by atoms with Crippen molar-refractivity contribution in [2.75, 3.05) is 5.32 Å². The number of aromatic nitrogens is 4. The summed E-state index contributed by atoms with van der Waals surface area (Å²) in [5, 5.41) is 3.37. The van der Waals surface area contributed by atoms with Gasteiger partial charge < -0.3 is 14.8 Å². The van der Waals surface area contributed by atoms with Crippen LogP contribution in [0.5, 0.6) is 0 Å². The maximum atomic E-state index is 11.7. The monoisotopic (exact) mass is 409 g/mol. The highest BCUT2D eigenvalue weighted by Gasteiger charge is 2.45. The number of esters is 1. The number of anilines is 1. The molecule has 1 N–H and O–H groups in total. The molecule has 0 aliphatic carbocycles. The molecule has 0 bridgehead atoms. The smallest absolute Gasteiger partial charge is 0.303 e. The number of carbonyl (C=O) groups is 1. The van der Waals surface area contributed by atoms with Crippen molar-refractivity contribution in [2.45, 2.75) is 59.1 Å². The number of aryl methyl sites for hydroxylation is 1. The summed E-state index contributed by atoms with van der Waals surface area (Å²) in [6, 6.07) is 10.1. The van der Waals surface area contributed by atoms with E-state index in [9.17, 15) is 4.79 Å². The van der Waals surface area contributed by atoms with Gasteiger partial charge in [-0.1, -0.05) is 44.2 Å². The van der Waals surface area contributed by atoms with E-state index in [0.717, 1.165) is 12.0 Å². The number of fused-ring (bicyclic) bond motifs is 1. The van der Waals surface area contributed by atoms with E-state index in [1.165, 1.54) is 6.92 Å². The summed E-state index contributed by atoms with van der Waals surface area (Å²) in [6.07, 6.45) is 1.64. The Hall–Kier alpha value is -3.00. The van der Waals surface area contributed by atoms with Gasteiger partial charge in [0.15, 0.2) is 29.3 Å². The molecule has 3 aromatic rings. The van der Waals surface area contributed by atoms with E-state index in [1.54, 1.807) is 6.33 Å². The van der Waals surface area contributed by atoms with Crippen LogP contribution in [0.1, 0.15) is 44.8 Å².